The molecule has 3 aromatic rings. The van der Waals surface area contributed by atoms with E-state index in [1.54, 1.807) is 36.4 Å². The molecule has 0 bridgehead atoms. The summed E-state index contributed by atoms with van der Waals surface area (Å²) in [6, 6.07) is 19.7. The van der Waals surface area contributed by atoms with Crippen molar-refractivity contribution >= 4 is 51.3 Å². The summed E-state index contributed by atoms with van der Waals surface area (Å²) < 4.78 is 6.55. The zero-order valence-corrected chi connectivity index (χ0v) is 17.6. The molecule has 7 heteroatoms. The highest BCUT2D eigenvalue weighted by molar-refractivity contribution is 9.10. The van der Waals surface area contributed by atoms with E-state index in [0.717, 1.165) is 5.56 Å². The van der Waals surface area contributed by atoms with Gasteiger partial charge in [0.25, 0.3) is 5.91 Å². The molecule has 0 radical (unpaired) electrons. The Labute approximate surface area is 181 Å². The number of nitrogens with zero attached hydrogens (tertiary/aromatic N) is 1. The molecular formula is C21H15BrCl2N2O2. The fourth-order valence-electron chi connectivity index (χ4n) is 2.39. The number of hydrazone groups is 1. The molecule has 0 aliphatic rings. The lowest BCUT2D eigenvalue weighted by Crippen LogP contribution is -2.18. The van der Waals surface area contributed by atoms with Crippen molar-refractivity contribution in [2.24, 2.45) is 5.10 Å². The lowest BCUT2D eigenvalue weighted by atomic mass is 10.2. The smallest absolute Gasteiger partial charge is 0.272 e. The van der Waals surface area contributed by atoms with Crippen molar-refractivity contribution in [3.63, 3.8) is 0 Å². The van der Waals surface area contributed by atoms with Gasteiger partial charge in [0.1, 0.15) is 12.4 Å². The number of ether oxygens (including phenoxy) is 1. The van der Waals surface area contributed by atoms with Gasteiger partial charge in [-0.25, -0.2) is 5.43 Å². The van der Waals surface area contributed by atoms with Gasteiger partial charge in [0.15, 0.2) is 0 Å². The average molecular weight is 478 g/mol. The number of benzene rings is 3. The van der Waals surface area contributed by atoms with Crippen molar-refractivity contribution in [1.82, 2.24) is 5.43 Å². The Morgan fingerprint density at radius 3 is 2.61 bits per heavy atom. The first-order valence-corrected chi connectivity index (χ1v) is 9.83. The minimum absolute atomic E-state index is 0.297. The molecule has 0 saturated carbocycles. The fourth-order valence-corrected chi connectivity index (χ4v) is 3.22. The van der Waals surface area contributed by atoms with Gasteiger partial charge in [0.2, 0.25) is 0 Å². The minimum atomic E-state index is -0.329. The third kappa shape index (κ3) is 5.35. The molecule has 0 saturated heterocycles. The first-order valence-electron chi connectivity index (χ1n) is 8.28. The van der Waals surface area contributed by atoms with Gasteiger partial charge in [-0.3, -0.25) is 4.79 Å². The monoisotopic (exact) mass is 476 g/mol. The van der Waals surface area contributed by atoms with Crippen LogP contribution in [0.5, 0.6) is 5.75 Å². The normalized spacial score (nSPS) is 10.8. The van der Waals surface area contributed by atoms with Gasteiger partial charge in [0.05, 0.1) is 11.8 Å². The van der Waals surface area contributed by atoms with Gasteiger partial charge in [-0.1, -0.05) is 53.5 Å². The molecule has 28 heavy (non-hydrogen) atoms. The number of hydrogen-bond acceptors (Lipinski definition) is 3. The highest BCUT2D eigenvalue weighted by atomic mass is 79.9. The molecule has 0 aromatic heterocycles. The summed E-state index contributed by atoms with van der Waals surface area (Å²) in [7, 11) is 0. The van der Waals surface area contributed by atoms with Gasteiger partial charge < -0.3 is 4.74 Å². The van der Waals surface area contributed by atoms with Crippen molar-refractivity contribution in [3.05, 3.63) is 97.9 Å². The Morgan fingerprint density at radius 1 is 1.07 bits per heavy atom. The first-order chi connectivity index (χ1) is 13.5. The zero-order chi connectivity index (χ0) is 19.9. The molecular weight excluding hydrogens is 463 g/mol. The Hall–Kier alpha value is -2.34. The van der Waals surface area contributed by atoms with Crippen LogP contribution < -0.4 is 10.2 Å². The molecule has 1 N–H and O–H groups in total. The summed E-state index contributed by atoms with van der Waals surface area (Å²) in [5.41, 5.74) is 4.48. The Bertz CT molecular complexity index is 1020. The lowest BCUT2D eigenvalue weighted by molar-refractivity contribution is 0.0954. The Balaban J connectivity index is 1.72. The van der Waals surface area contributed by atoms with E-state index in [2.05, 4.69) is 26.5 Å². The van der Waals surface area contributed by atoms with E-state index in [1.165, 1.54) is 6.21 Å². The SMILES string of the molecule is O=C(N/N=C/c1cc(Cl)ccc1OCc1ccccc1Cl)c1ccccc1Br. The van der Waals surface area contributed by atoms with Crippen LogP contribution in [0.25, 0.3) is 0 Å². The molecule has 142 valence electrons. The standard InChI is InChI=1S/C21H15BrCl2N2O2/c22-18-7-3-2-6-17(18)21(27)26-25-12-15-11-16(23)9-10-20(15)28-13-14-5-1-4-8-19(14)24/h1-12H,13H2,(H,26,27)/b25-12+. The summed E-state index contributed by atoms with van der Waals surface area (Å²) >= 11 is 15.6. The van der Waals surface area contributed by atoms with Crippen molar-refractivity contribution in [1.29, 1.82) is 0 Å². The molecule has 0 fully saturated rings. The summed E-state index contributed by atoms with van der Waals surface area (Å²) in [4.78, 5) is 12.2. The van der Waals surface area contributed by atoms with Crippen LogP contribution >= 0.6 is 39.1 Å². The average Bonchev–Trinajstić information content (AvgIpc) is 2.69. The second kappa shape index (κ2) is 9.73. The van der Waals surface area contributed by atoms with Gasteiger partial charge in [0, 0.05) is 25.6 Å². The second-order valence-corrected chi connectivity index (χ2v) is 7.44. The van der Waals surface area contributed by atoms with Crippen LogP contribution in [0.1, 0.15) is 21.5 Å². The highest BCUT2D eigenvalue weighted by Crippen LogP contribution is 2.24. The van der Waals surface area contributed by atoms with Gasteiger partial charge in [-0.2, -0.15) is 5.10 Å². The largest absolute Gasteiger partial charge is 0.488 e. The topological polar surface area (TPSA) is 50.7 Å². The molecule has 0 unspecified atom stereocenters. The van der Waals surface area contributed by atoms with Gasteiger partial charge in [-0.05, 0) is 52.3 Å². The van der Waals surface area contributed by atoms with E-state index in [4.69, 9.17) is 27.9 Å². The quantitative estimate of drug-likeness (QED) is 0.344. The minimum Gasteiger partial charge on any atom is -0.488 e. The van der Waals surface area contributed by atoms with E-state index < -0.39 is 0 Å². The number of halogens is 3. The van der Waals surface area contributed by atoms with Crippen LogP contribution in [0, 0.1) is 0 Å². The van der Waals surface area contributed by atoms with Crippen LogP contribution in [-0.2, 0) is 6.61 Å². The number of carbonyl (C=O) groups excluding carboxylic acids is 1. The molecule has 0 aliphatic carbocycles. The predicted octanol–water partition coefficient (Wildman–Crippen LogP) is 6.10. The molecule has 3 rings (SSSR count). The van der Waals surface area contributed by atoms with E-state index in [0.29, 0.717) is 38.0 Å². The van der Waals surface area contributed by atoms with Crippen molar-refractivity contribution < 1.29 is 9.53 Å². The van der Waals surface area contributed by atoms with Crippen molar-refractivity contribution in [2.75, 3.05) is 0 Å². The van der Waals surface area contributed by atoms with Crippen LogP contribution in [-0.4, -0.2) is 12.1 Å². The number of rotatable bonds is 6. The third-order valence-electron chi connectivity index (χ3n) is 3.80. The van der Waals surface area contributed by atoms with Crippen LogP contribution in [0.3, 0.4) is 0 Å². The lowest BCUT2D eigenvalue weighted by Gasteiger charge is -2.10. The molecule has 0 aliphatic heterocycles. The summed E-state index contributed by atoms with van der Waals surface area (Å²) in [5.74, 6) is 0.243. The molecule has 0 heterocycles. The maximum atomic E-state index is 12.2. The van der Waals surface area contributed by atoms with Crippen LogP contribution in [0.4, 0.5) is 0 Å². The maximum absolute atomic E-state index is 12.2. The fraction of sp³-hybridized carbons (Fsp3) is 0.0476. The molecule has 3 aromatic carbocycles. The summed E-state index contributed by atoms with van der Waals surface area (Å²) in [5, 5.41) is 5.19. The third-order valence-corrected chi connectivity index (χ3v) is 5.10. The predicted molar refractivity (Wildman–Crippen MR) is 116 cm³/mol. The highest BCUT2D eigenvalue weighted by Gasteiger charge is 2.09. The van der Waals surface area contributed by atoms with E-state index in [9.17, 15) is 4.79 Å². The number of amides is 1. The van der Waals surface area contributed by atoms with Gasteiger partial charge in [-0.15, -0.1) is 0 Å². The van der Waals surface area contributed by atoms with Gasteiger partial charge >= 0.3 is 0 Å². The Morgan fingerprint density at radius 2 is 1.82 bits per heavy atom. The molecule has 0 atom stereocenters. The summed E-state index contributed by atoms with van der Waals surface area (Å²) in [6.45, 7) is 0.297. The molecule has 0 spiro atoms. The van der Waals surface area contributed by atoms with Crippen molar-refractivity contribution in [3.8, 4) is 5.75 Å². The van der Waals surface area contributed by atoms with E-state index in [1.807, 2.05) is 30.3 Å². The number of hydrogen-bond donors (Lipinski definition) is 1. The first kappa shape index (κ1) is 20.4. The second-order valence-electron chi connectivity index (χ2n) is 5.74. The summed E-state index contributed by atoms with van der Waals surface area (Å²) in [6.07, 6.45) is 1.49. The van der Waals surface area contributed by atoms with E-state index in [-0.39, 0.29) is 5.91 Å². The zero-order valence-electron chi connectivity index (χ0n) is 14.5. The Kier molecular flexibility index (Phi) is 7.09. The number of carbonyl (C=O) groups is 1. The number of nitrogens with one attached hydrogen (secondary N) is 1. The molecule has 4 nitrogen and oxygen atoms in total. The van der Waals surface area contributed by atoms with Crippen molar-refractivity contribution in [2.45, 2.75) is 6.61 Å². The maximum Gasteiger partial charge on any atom is 0.272 e. The van der Waals surface area contributed by atoms with Crippen LogP contribution in [0.15, 0.2) is 76.3 Å². The molecule has 1 amide bonds. The van der Waals surface area contributed by atoms with Crippen LogP contribution in [0.2, 0.25) is 10.0 Å². The van der Waals surface area contributed by atoms with E-state index >= 15 is 0 Å².